The fraction of sp³-hybridized carbons (Fsp3) is 0.217. The minimum atomic E-state index is -0.119. The van der Waals surface area contributed by atoms with Crippen LogP contribution in [0.5, 0.6) is 0 Å². The Hall–Kier alpha value is -3.34. The van der Waals surface area contributed by atoms with Crippen LogP contribution < -0.4 is 15.1 Å². The van der Waals surface area contributed by atoms with E-state index in [2.05, 4.69) is 44.4 Å². The molecule has 1 aliphatic rings. The van der Waals surface area contributed by atoms with Crippen LogP contribution in [-0.4, -0.2) is 37.1 Å². The number of carbonyl (C=O) groups excluding carboxylic acids is 1. The number of aromatic nitrogens is 1. The van der Waals surface area contributed by atoms with Crippen molar-refractivity contribution in [1.29, 1.82) is 0 Å². The van der Waals surface area contributed by atoms with Gasteiger partial charge in [-0.15, -0.1) is 0 Å². The highest BCUT2D eigenvalue weighted by molar-refractivity contribution is 6.04. The fourth-order valence-corrected chi connectivity index (χ4v) is 3.39. The Kier molecular flexibility index (Phi) is 5.24. The molecule has 4 rings (SSSR count). The van der Waals surface area contributed by atoms with Gasteiger partial charge in [-0.05, 0) is 43.3 Å². The Morgan fingerprint density at radius 3 is 2.18 bits per heavy atom. The van der Waals surface area contributed by atoms with Gasteiger partial charge in [0.2, 0.25) is 0 Å². The number of piperazine rings is 1. The molecular weight excluding hydrogens is 348 g/mol. The Labute approximate surface area is 165 Å². The largest absolute Gasteiger partial charge is 0.368 e. The maximum absolute atomic E-state index is 12.3. The third-order valence-corrected chi connectivity index (χ3v) is 5.04. The van der Waals surface area contributed by atoms with Gasteiger partial charge in [0.25, 0.3) is 5.91 Å². The molecule has 1 aliphatic heterocycles. The standard InChI is InChI=1S/C23H24N4O/c1-18-7-9-19(10-8-18)23(28)25-20-11-12-22(24-17-20)27-15-13-26(14-16-27)21-5-3-2-4-6-21/h2-12,17H,13-16H2,1H3,(H,25,28). The number of rotatable bonds is 4. The van der Waals surface area contributed by atoms with Crippen LogP contribution in [0.4, 0.5) is 17.2 Å². The zero-order valence-electron chi connectivity index (χ0n) is 16.0. The first-order valence-corrected chi connectivity index (χ1v) is 9.58. The number of hydrogen-bond acceptors (Lipinski definition) is 4. The monoisotopic (exact) mass is 372 g/mol. The smallest absolute Gasteiger partial charge is 0.255 e. The number of nitrogens with one attached hydrogen (secondary N) is 1. The van der Waals surface area contributed by atoms with Crippen LogP contribution in [0.1, 0.15) is 15.9 Å². The molecule has 1 aromatic heterocycles. The molecule has 142 valence electrons. The van der Waals surface area contributed by atoms with E-state index >= 15 is 0 Å². The molecular formula is C23H24N4O. The molecule has 0 unspecified atom stereocenters. The molecule has 5 nitrogen and oxygen atoms in total. The second-order valence-corrected chi connectivity index (χ2v) is 7.03. The van der Waals surface area contributed by atoms with Gasteiger partial charge in [0.15, 0.2) is 0 Å². The number of benzene rings is 2. The van der Waals surface area contributed by atoms with Crippen molar-refractivity contribution >= 4 is 23.1 Å². The summed E-state index contributed by atoms with van der Waals surface area (Å²) in [6.45, 7) is 5.80. The second kappa shape index (κ2) is 8.13. The molecule has 0 radical (unpaired) electrons. The average molecular weight is 372 g/mol. The van der Waals surface area contributed by atoms with Gasteiger partial charge in [-0.25, -0.2) is 4.98 Å². The van der Waals surface area contributed by atoms with Crippen molar-refractivity contribution in [3.05, 3.63) is 84.1 Å². The van der Waals surface area contributed by atoms with E-state index in [-0.39, 0.29) is 5.91 Å². The van der Waals surface area contributed by atoms with Crippen molar-refractivity contribution in [2.75, 3.05) is 41.3 Å². The number of amides is 1. The van der Waals surface area contributed by atoms with Crippen molar-refractivity contribution in [2.45, 2.75) is 6.92 Å². The molecule has 28 heavy (non-hydrogen) atoms. The molecule has 2 heterocycles. The molecule has 5 heteroatoms. The summed E-state index contributed by atoms with van der Waals surface area (Å²) in [5, 5.41) is 2.91. The van der Waals surface area contributed by atoms with Crippen molar-refractivity contribution in [2.24, 2.45) is 0 Å². The fourth-order valence-electron chi connectivity index (χ4n) is 3.39. The van der Waals surface area contributed by atoms with Gasteiger partial charge in [-0.2, -0.15) is 0 Å². The highest BCUT2D eigenvalue weighted by Crippen LogP contribution is 2.20. The maximum Gasteiger partial charge on any atom is 0.255 e. The van der Waals surface area contributed by atoms with Gasteiger partial charge in [0.05, 0.1) is 11.9 Å². The molecule has 2 aromatic carbocycles. The van der Waals surface area contributed by atoms with E-state index in [0.29, 0.717) is 11.3 Å². The lowest BCUT2D eigenvalue weighted by Gasteiger charge is -2.36. The number of pyridine rings is 1. The van der Waals surface area contributed by atoms with Crippen LogP contribution in [0.2, 0.25) is 0 Å². The Morgan fingerprint density at radius 2 is 1.54 bits per heavy atom. The maximum atomic E-state index is 12.3. The highest BCUT2D eigenvalue weighted by atomic mass is 16.1. The van der Waals surface area contributed by atoms with Gasteiger partial charge in [-0.1, -0.05) is 35.9 Å². The summed E-state index contributed by atoms with van der Waals surface area (Å²) in [6.07, 6.45) is 1.73. The normalized spacial score (nSPS) is 14.0. The molecule has 3 aromatic rings. The molecule has 0 spiro atoms. The lowest BCUT2D eigenvalue weighted by atomic mass is 10.1. The minimum absolute atomic E-state index is 0.119. The highest BCUT2D eigenvalue weighted by Gasteiger charge is 2.18. The first-order valence-electron chi connectivity index (χ1n) is 9.58. The summed E-state index contributed by atoms with van der Waals surface area (Å²) in [7, 11) is 0. The molecule has 1 N–H and O–H groups in total. The number of aryl methyl sites for hydroxylation is 1. The average Bonchev–Trinajstić information content (AvgIpc) is 2.75. The summed E-state index contributed by atoms with van der Waals surface area (Å²) in [5.41, 5.74) is 3.75. The molecule has 0 saturated carbocycles. The van der Waals surface area contributed by atoms with E-state index < -0.39 is 0 Å². The zero-order valence-corrected chi connectivity index (χ0v) is 16.0. The second-order valence-electron chi connectivity index (χ2n) is 7.03. The lowest BCUT2D eigenvalue weighted by molar-refractivity contribution is 0.102. The summed E-state index contributed by atoms with van der Waals surface area (Å²) >= 11 is 0. The molecule has 1 amide bonds. The van der Waals surface area contributed by atoms with Crippen LogP contribution in [0.25, 0.3) is 0 Å². The molecule has 1 saturated heterocycles. The summed E-state index contributed by atoms with van der Waals surface area (Å²) in [6, 6.07) is 21.9. The van der Waals surface area contributed by atoms with E-state index in [4.69, 9.17) is 0 Å². The molecule has 0 atom stereocenters. The third-order valence-electron chi connectivity index (χ3n) is 5.04. The Bertz CT molecular complexity index is 915. The minimum Gasteiger partial charge on any atom is -0.368 e. The topological polar surface area (TPSA) is 48.5 Å². The van der Waals surface area contributed by atoms with Crippen molar-refractivity contribution in [3.8, 4) is 0 Å². The van der Waals surface area contributed by atoms with Crippen LogP contribution in [0.15, 0.2) is 72.9 Å². The quantitative estimate of drug-likeness (QED) is 0.753. The van der Waals surface area contributed by atoms with E-state index in [0.717, 1.165) is 37.6 Å². The van der Waals surface area contributed by atoms with E-state index in [9.17, 15) is 4.79 Å². The molecule has 1 fully saturated rings. The van der Waals surface area contributed by atoms with Crippen molar-refractivity contribution in [1.82, 2.24) is 4.98 Å². The summed E-state index contributed by atoms with van der Waals surface area (Å²) < 4.78 is 0. The van der Waals surface area contributed by atoms with Gasteiger partial charge < -0.3 is 15.1 Å². The predicted octanol–water partition coefficient (Wildman–Crippen LogP) is 3.97. The number of hydrogen-bond donors (Lipinski definition) is 1. The van der Waals surface area contributed by atoms with Crippen LogP contribution in [0.3, 0.4) is 0 Å². The van der Waals surface area contributed by atoms with Gasteiger partial charge in [0.1, 0.15) is 5.82 Å². The zero-order chi connectivity index (χ0) is 19.3. The van der Waals surface area contributed by atoms with E-state index in [1.165, 1.54) is 5.69 Å². The van der Waals surface area contributed by atoms with E-state index in [1.54, 1.807) is 6.20 Å². The van der Waals surface area contributed by atoms with Crippen molar-refractivity contribution in [3.63, 3.8) is 0 Å². The molecule has 0 bridgehead atoms. The van der Waals surface area contributed by atoms with Gasteiger partial charge >= 0.3 is 0 Å². The lowest BCUT2D eigenvalue weighted by Crippen LogP contribution is -2.46. The first kappa shape index (κ1) is 18.0. The number of nitrogens with zero attached hydrogens (tertiary/aromatic N) is 3. The van der Waals surface area contributed by atoms with Gasteiger partial charge in [-0.3, -0.25) is 4.79 Å². The number of para-hydroxylation sites is 1. The van der Waals surface area contributed by atoms with E-state index in [1.807, 2.05) is 49.4 Å². The van der Waals surface area contributed by atoms with Gasteiger partial charge in [0, 0.05) is 37.4 Å². The Morgan fingerprint density at radius 1 is 0.857 bits per heavy atom. The van der Waals surface area contributed by atoms with Crippen molar-refractivity contribution < 1.29 is 4.79 Å². The van der Waals surface area contributed by atoms with Crippen LogP contribution in [0, 0.1) is 6.92 Å². The SMILES string of the molecule is Cc1ccc(C(=O)Nc2ccc(N3CCN(c4ccccc4)CC3)nc2)cc1. The number of carbonyl (C=O) groups is 1. The first-order chi connectivity index (χ1) is 13.7. The van der Waals surface area contributed by atoms with Crippen LogP contribution >= 0.6 is 0 Å². The summed E-state index contributed by atoms with van der Waals surface area (Å²) in [5.74, 6) is 0.826. The Balaban J connectivity index is 1.35. The summed E-state index contributed by atoms with van der Waals surface area (Å²) in [4.78, 5) is 21.6. The predicted molar refractivity (Wildman–Crippen MR) is 114 cm³/mol. The number of anilines is 3. The molecule has 0 aliphatic carbocycles. The van der Waals surface area contributed by atoms with Crippen LogP contribution in [-0.2, 0) is 0 Å². The third kappa shape index (κ3) is 4.14.